The Labute approximate surface area is 125 Å². The van der Waals surface area contributed by atoms with E-state index in [0.29, 0.717) is 11.0 Å². The van der Waals surface area contributed by atoms with Crippen molar-refractivity contribution >= 4 is 28.5 Å². The van der Waals surface area contributed by atoms with Gasteiger partial charge in [-0.05, 0) is 17.9 Å². The molecule has 1 aromatic rings. The van der Waals surface area contributed by atoms with Crippen LogP contribution in [0, 0.1) is 0 Å². The van der Waals surface area contributed by atoms with E-state index in [1.54, 1.807) is 0 Å². The van der Waals surface area contributed by atoms with E-state index in [1.807, 2.05) is 11.3 Å². The van der Waals surface area contributed by atoms with E-state index in [2.05, 4.69) is 34.2 Å². The van der Waals surface area contributed by atoms with Gasteiger partial charge in [-0.3, -0.25) is 9.80 Å². The molecule has 0 aromatic carbocycles. The topological polar surface area (TPSA) is 32.5 Å². The molecule has 1 fully saturated rings. The van der Waals surface area contributed by atoms with Crippen LogP contribution >= 0.6 is 23.6 Å². The summed E-state index contributed by atoms with van der Waals surface area (Å²) in [5.74, 6) is 0. The Morgan fingerprint density at radius 3 is 2.68 bits per heavy atom. The number of nitrogens with two attached hydrogens (primary N) is 1. The lowest BCUT2D eigenvalue weighted by Gasteiger charge is -2.38. The van der Waals surface area contributed by atoms with E-state index in [9.17, 15) is 0 Å². The number of piperazine rings is 1. The summed E-state index contributed by atoms with van der Waals surface area (Å²) in [6.45, 7) is 7.65. The first kappa shape index (κ1) is 14.9. The molecule has 2 N–H and O–H groups in total. The van der Waals surface area contributed by atoms with Gasteiger partial charge in [0, 0.05) is 37.6 Å². The van der Waals surface area contributed by atoms with Crippen molar-refractivity contribution in [1.29, 1.82) is 0 Å². The Hall–Kier alpha value is -0.490. The Morgan fingerprint density at radius 2 is 2.16 bits per heavy atom. The lowest BCUT2D eigenvalue weighted by Crippen LogP contribution is -2.53. The van der Waals surface area contributed by atoms with Gasteiger partial charge in [0.05, 0.1) is 11.0 Å². The van der Waals surface area contributed by atoms with Crippen LogP contribution in [0.4, 0.5) is 0 Å². The van der Waals surface area contributed by atoms with Crippen LogP contribution in [0.25, 0.3) is 0 Å². The van der Waals surface area contributed by atoms with Gasteiger partial charge in [-0.25, -0.2) is 0 Å². The highest BCUT2D eigenvalue weighted by Gasteiger charge is 2.24. The van der Waals surface area contributed by atoms with Crippen molar-refractivity contribution in [2.45, 2.75) is 32.4 Å². The quantitative estimate of drug-likeness (QED) is 0.817. The normalized spacial score (nSPS) is 19.4. The van der Waals surface area contributed by atoms with Crippen LogP contribution in [0.5, 0.6) is 0 Å². The molecule has 1 unspecified atom stereocenters. The van der Waals surface area contributed by atoms with Gasteiger partial charge in [-0.2, -0.15) is 0 Å². The number of thiophene rings is 1. The average Bonchev–Trinajstić information content (AvgIpc) is 2.90. The van der Waals surface area contributed by atoms with Crippen LogP contribution in [-0.4, -0.2) is 47.0 Å². The maximum atomic E-state index is 5.88. The third-order valence-corrected chi connectivity index (χ3v) is 4.83. The van der Waals surface area contributed by atoms with Crippen LogP contribution in [0.1, 0.15) is 24.6 Å². The van der Waals surface area contributed by atoms with Crippen molar-refractivity contribution < 1.29 is 0 Å². The fraction of sp³-hybridized carbons (Fsp3) is 0.643. The van der Waals surface area contributed by atoms with Crippen molar-refractivity contribution in [2.24, 2.45) is 5.73 Å². The molecule has 0 radical (unpaired) electrons. The molecule has 1 aliphatic heterocycles. The van der Waals surface area contributed by atoms with Gasteiger partial charge in [-0.1, -0.05) is 31.6 Å². The summed E-state index contributed by atoms with van der Waals surface area (Å²) >= 11 is 7.05. The molecule has 0 spiro atoms. The minimum Gasteiger partial charge on any atom is -0.392 e. The van der Waals surface area contributed by atoms with Crippen LogP contribution < -0.4 is 5.73 Å². The maximum Gasteiger partial charge on any atom is 0.0902 e. The van der Waals surface area contributed by atoms with E-state index in [4.69, 9.17) is 18.0 Å². The highest BCUT2D eigenvalue weighted by Crippen LogP contribution is 2.16. The monoisotopic (exact) mass is 297 g/mol. The smallest absolute Gasteiger partial charge is 0.0902 e. The molecule has 1 aromatic heterocycles. The van der Waals surface area contributed by atoms with Crippen molar-refractivity contribution in [1.82, 2.24) is 9.80 Å². The third-order valence-electron chi connectivity index (χ3n) is 3.70. The van der Waals surface area contributed by atoms with E-state index in [-0.39, 0.29) is 0 Å². The van der Waals surface area contributed by atoms with Gasteiger partial charge in [0.2, 0.25) is 0 Å². The summed E-state index contributed by atoms with van der Waals surface area (Å²) in [5, 5.41) is 2.15. The third kappa shape index (κ3) is 4.24. The van der Waals surface area contributed by atoms with Gasteiger partial charge >= 0.3 is 0 Å². The molecule has 0 saturated carbocycles. The van der Waals surface area contributed by atoms with Crippen molar-refractivity contribution in [3.63, 3.8) is 0 Å². The number of thiocarbonyl (C=S) groups is 1. The molecule has 0 aliphatic carbocycles. The lowest BCUT2D eigenvalue weighted by molar-refractivity contribution is 0.111. The number of hydrogen-bond acceptors (Lipinski definition) is 4. The van der Waals surface area contributed by atoms with Crippen molar-refractivity contribution in [3.05, 3.63) is 22.4 Å². The van der Waals surface area contributed by atoms with Crippen LogP contribution in [0.2, 0.25) is 0 Å². The average molecular weight is 297 g/mol. The summed E-state index contributed by atoms with van der Waals surface area (Å²) in [7, 11) is 0. The molecule has 2 rings (SSSR count). The van der Waals surface area contributed by atoms with Gasteiger partial charge in [0.1, 0.15) is 0 Å². The van der Waals surface area contributed by atoms with Crippen LogP contribution in [-0.2, 0) is 6.54 Å². The first-order valence-corrected chi connectivity index (χ1v) is 8.27. The largest absolute Gasteiger partial charge is 0.392 e. The molecule has 3 nitrogen and oxygen atoms in total. The zero-order valence-electron chi connectivity index (χ0n) is 11.5. The number of hydrogen-bond donors (Lipinski definition) is 1. The first-order chi connectivity index (χ1) is 9.20. The summed E-state index contributed by atoms with van der Waals surface area (Å²) in [6.07, 6.45) is 2.22. The second-order valence-electron chi connectivity index (χ2n) is 5.10. The van der Waals surface area contributed by atoms with Gasteiger partial charge in [0.15, 0.2) is 0 Å². The summed E-state index contributed by atoms with van der Waals surface area (Å²) < 4.78 is 0. The minimum absolute atomic E-state index is 0.295. The number of rotatable bonds is 6. The summed E-state index contributed by atoms with van der Waals surface area (Å²) in [4.78, 5) is 7.09. The van der Waals surface area contributed by atoms with Crippen LogP contribution in [0.3, 0.4) is 0 Å². The molecular weight excluding hydrogens is 274 g/mol. The zero-order chi connectivity index (χ0) is 13.7. The molecule has 106 valence electrons. The van der Waals surface area contributed by atoms with E-state index < -0.39 is 0 Å². The van der Waals surface area contributed by atoms with Gasteiger partial charge in [0.25, 0.3) is 0 Å². The molecule has 1 aliphatic rings. The first-order valence-electron chi connectivity index (χ1n) is 6.98. The summed E-state index contributed by atoms with van der Waals surface area (Å²) in [6, 6.07) is 4.63. The Morgan fingerprint density at radius 1 is 1.42 bits per heavy atom. The SMILES string of the molecule is CCCC(C(N)=S)N1CCN(Cc2cccs2)CC1. The highest BCUT2D eigenvalue weighted by atomic mass is 32.1. The molecule has 2 heterocycles. The second-order valence-corrected chi connectivity index (χ2v) is 6.60. The van der Waals surface area contributed by atoms with Gasteiger partial charge in [-0.15, -0.1) is 11.3 Å². The Bertz CT molecular complexity index is 383. The fourth-order valence-electron chi connectivity index (χ4n) is 2.63. The predicted molar refractivity (Wildman–Crippen MR) is 86.7 cm³/mol. The second kappa shape index (κ2) is 7.33. The fourth-order valence-corrected chi connectivity index (χ4v) is 3.65. The number of nitrogens with zero attached hydrogens (tertiary/aromatic N) is 2. The lowest BCUT2D eigenvalue weighted by atomic mass is 10.1. The van der Waals surface area contributed by atoms with E-state index in [0.717, 1.165) is 45.6 Å². The molecule has 5 heteroatoms. The molecule has 19 heavy (non-hydrogen) atoms. The molecule has 1 saturated heterocycles. The molecule has 0 amide bonds. The van der Waals surface area contributed by atoms with E-state index >= 15 is 0 Å². The van der Waals surface area contributed by atoms with Crippen molar-refractivity contribution in [3.8, 4) is 0 Å². The maximum absolute atomic E-state index is 5.88. The molecule has 1 atom stereocenters. The standard InChI is InChI=1S/C14H23N3S2/c1-2-4-13(14(15)18)17-8-6-16(7-9-17)11-12-5-3-10-19-12/h3,5,10,13H,2,4,6-9,11H2,1H3,(H2,15,18). The van der Waals surface area contributed by atoms with Crippen LogP contribution in [0.15, 0.2) is 17.5 Å². The highest BCUT2D eigenvalue weighted by molar-refractivity contribution is 7.80. The van der Waals surface area contributed by atoms with E-state index in [1.165, 1.54) is 4.88 Å². The molecular formula is C14H23N3S2. The zero-order valence-corrected chi connectivity index (χ0v) is 13.2. The summed E-state index contributed by atoms with van der Waals surface area (Å²) in [5.41, 5.74) is 5.88. The Balaban J connectivity index is 1.82. The van der Waals surface area contributed by atoms with Gasteiger partial charge < -0.3 is 5.73 Å². The van der Waals surface area contributed by atoms with Crippen molar-refractivity contribution in [2.75, 3.05) is 26.2 Å². The molecule has 0 bridgehead atoms. The Kier molecular flexibility index (Phi) is 5.76. The predicted octanol–water partition coefficient (Wildman–Crippen LogP) is 2.32. The minimum atomic E-state index is 0.295.